The Labute approximate surface area is 136 Å². The average molecular weight is 330 g/mol. The molecule has 0 radical (unpaired) electrons. The van der Waals surface area contributed by atoms with Gasteiger partial charge in [-0.15, -0.1) is 11.3 Å². The Morgan fingerprint density at radius 3 is 2.78 bits per heavy atom. The van der Waals surface area contributed by atoms with Crippen LogP contribution in [0.5, 0.6) is 5.75 Å². The topological polar surface area (TPSA) is 74.5 Å². The van der Waals surface area contributed by atoms with Gasteiger partial charge in [-0.3, -0.25) is 4.79 Å². The summed E-state index contributed by atoms with van der Waals surface area (Å²) in [5, 5.41) is 5.79. The van der Waals surface area contributed by atoms with Crippen LogP contribution in [0, 0.1) is 0 Å². The van der Waals surface area contributed by atoms with Gasteiger partial charge in [0.25, 0.3) is 5.89 Å². The molecule has 0 spiro atoms. The maximum absolute atomic E-state index is 11.8. The summed E-state index contributed by atoms with van der Waals surface area (Å²) in [6, 6.07) is 11.0. The van der Waals surface area contributed by atoms with Crippen molar-refractivity contribution in [3.05, 3.63) is 53.2 Å². The van der Waals surface area contributed by atoms with Gasteiger partial charge < -0.3 is 14.0 Å². The highest BCUT2D eigenvalue weighted by Crippen LogP contribution is 2.21. The Kier molecular flexibility index (Phi) is 4.68. The molecule has 2 aromatic heterocycles. The standard InChI is InChI=1S/C16H14N2O4S/c1-20-12-6-4-11(5-7-12)9-15(19)21-10-14-17-16(18-22-14)13-3-2-8-23-13/h2-8H,9-10H2,1H3. The average Bonchev–Trinajstić information content (AvgIpc) is 3.25. The van der Waals surface area contributed by atoms with Gasteiger partial charge in [-0.2, -0.15) is 4.98 Å². The van der Waals surface area contributed by atoms with Crippen molar-refractivity contribution in [1.82, 2.24) is 10.1 Å². The van der Waals surface area contributed by atoms with Crippen LogP contribution >= 0.6 is 11.3 Å². The molecule has 0 N–H and O–H groups in total. The van der Waals surface area contributed by atoms with Crippen LogP contribution in [0.15, 0.2) is 46.3 Å². The number of methoxy groups -OCH3 is 1. The lowest BCUT2D eigenvalue weighted by molar-refractivity contribution is -0.144. The SMILES string of the molecule is COc1ccc(CC(=O)OCc2nc(-c3cccs3)no2)cc1. The first-order valence-electron chi connectivity index (χ1n) is 6.89. The minimum atomic E-state index is -0.356. The maximum atomic E-state index is 11.8. The zero-order valence-electron chi connectivity index (χ0n) is 12.4. The minimum absolute atomic E-state index is 0.0344. The summed E-state index contributed by atoms with van der Waals surface area (Å²) in [4.78, 5) is 16.9. The molecule has 1 aromatic carbocycles. The number of aromatic nitrogens is 2. The molecule has 0 atom stereocenters. The second-order valence-electron chi connectivity index (χ2n) is 4.67. The molecule has 0 amide bonds. The van der Waals surface area contributed by atoms with Crippen molar-refractivity contribution in [2.75, 3.05) is 7.11 Å². The number of nitrogens with zero attached hydrogens (tertiary/aromatic N) is 2. The number of esters is 1. The molecule has 6 nitrogen and oxygen atoms in total. The van der Waals surface area contributed by atoms with Crippen LogP contribution in [0.1, 0.15) is 11.5 Å². The van der Waals surface area contributed by atoms with Gasteiger partial charge in [-0.25, -0.2) is 0 Å². The summed E-state index contributed by atoms with van der Waals surface area (Å²) in [5.74, 6) is 1.16. The third-order valence-electron chi connectivity index (χ3n) is 3.07. The first-order valence-corrected chi connectivity index (χ1v) is 7.77. The first-order chi connectivity index (χ1) is 11.2. The molecule has 0 aliphatic rings. The number of hydrogen-bond acceptors (Lipinski definition) is 7. The highest BCUT2D eigenvalue weighted by Gasteiger charge is 2.12. The summed E-state index contributed by atoms with van der Waals surface area (Å²) < 4.78 is 15.3. The first kappa shape index (κ1) is 15.2. The lowest BCUT2D eigenvalue weighted by Gasteiger charge is -2.03. The van der Waals surface area contributed by atoms with Crippen molar-refractivity contribution >= 4 is 17.3 Å². The molecule has 0 unspecified atom stereocenters. The largest absolute Gasteiger partial charge is 0.497 e. The monoisotopic (exact) mass is 330 g/mol. The fraction of sp³-hybridized carbons (Fsp3) is 0.188. The van der Waals surface area contributed by atoms with E-state index in [9.17, 15) is 4.79 Å². The highest BCUT2D eigenvalue weighted by molar-refractivity contribution is 7.13. The Morgan fingerprint density at radius 1 is 1.26 bits per heavy atom. The molecule has 0 fully saturated rings. The number of thiophene rings is 1. The third kappa shape index (κ3) is 3.95. The number of rotatable bonds is 6. The lowest BCUT2D eigenvalue weighted by atomic mass is 10.1. The summed E-state index contributed by atoms with van der Waals surface area (Å²) in [5.41, 5.74) is 0.848. The van der Waals surface area contributed by atoms with Crippen LogP contribution in [0.3, 0.4) is 0 Å². The minimum Gasteiger partial charge on any atom is -0.497 e. The van der Waals surface area contributed by atoms with Gasteiger partial charge in [0.2, 0.25) is 5.82 Å². The molecular weight excluding hydrogens is 316 g/mol. The summed E-state index contributed by atoms with van der Waals surface area (Å²) in [6.45, 7) is -0.0344. The normalized spacial score (nSPS) is 10.5. The van der Waals surface area contributed by atoms with Gasteiger partial charge in [0.1, 0.15) is 5.75 Å². The molecular formula is C16H14N2O4S. The van der Waals surface area contributed by atoms with Crippen LogP contribution in [0.2, 0.25) is 0 Å². The molecule has 0 saturated heterocycles. The van der Waals surface area contributed by atoms with E-state index in [4.69, 9.17) is 14.0 Å². The van der Waals surface area contributed by atoms with Gasteiger partial charge in [0, 0.05) is 0 Å². The summed E-state index contributed by atoms with van der Waals surface area (Å²) in [6.07, 6.45) is 0.177. The molecule has 3 rings (SSSR count). The van der Waals surface area contributed by atoms with Crippen LogP contribution in [-0.4, -0.2) is 23.2 Å². The molecule has 7 heteroatoms. The number of carbonyl (C=O) groups is 1. The van der Waals surface area contributed by atoms with E-state index in [1.54, 1.807) is 19.2 Å². The maximum Gasteiger partial charge on any atom is 0.310 e. The molecule has 2 heterocycles. The molecule has 0 bridgehead atoms. The molecule has 23 heavy (non-hydrogen) atoms. The van der Waals surface area contributed by atoms with Crippen molar-refractivity contribution in [1.29, 1.82) is 0 Å². The van der Waals surface area contributed by atoms with E-state index in [0.29, 0.717) is 5.82 Å². The highest BCUT2D eigenvalue weighted by atomic mass is 32.1. The zero-order valence-corrected chi connectivity index (χ0v) is 13.2. The van der Waals surface area contributed by atoms with Crippen LogP contribution in [0.4, 0.5) is 0 Å². The van der Waals surface area contributed by atoms with E-state index in [-0.39, 0.29) is 24.9 Å². The van der Waals surface area contributed by atoms with Crippen LogP contribution in [-0.2, 0) is 22.6 Å². The number of hydrogen-bond donors (Lipinski definition) is 0. The Morgan fingerprint density at radius 2 is 2.09 bits per heavy atom. The number of ether oxygens (including phenoxy) is 2. The smallest absolute Gasteiger partial charge is 0.310 e. The Bertz CT molecular complexity index is 766. The predicted octanol–water partition coefficient (Wildman–Crippen LogP) is 3.09. The van der Waals surface area contributed by atoms with E-state index in [0.717, 1.165) is 16.2 Å². The molecule has 118 valence electrons. The zero-order chi connectivity index (χ0) is 16.1. The van der Waals surface area contributed by atoms with Gasteiger partial charge in [0.05, 0.1) is 18.4 Å². The Balaban J connectivity index is 1.52. The third-order valence-corrected chi connectivity index (χ3v) is 3.94. The van der Waals surface area contributed by atoms with Crippen molar-refractivity contribution < 1.29 is 18.8 Å². The second kappa shape index (κ2) is 7.06. The molecule has 0 aliphatic carbocycles. The van der Waals surface area contributed by atoms with E-state index in [2.05, 4.69) is 10.1 Å². The van der Waals surface area contributed by atoms with Crippen LogP contribution < -0.4 is 4.74 Å². The Hall–Kier alpha value is -2.67. The molecule has 3 aromatic rings. The van der Waals surface area contributed by atoms with Gasteiger partial charge in [0.15, 0.2) is 6.61 Å². The van der Waals surface area contributed by atoms with Crippen molar-refractivity contribution in [3.8, 4) is 16.5 Å². The predicted molar refractivity (Wildman–Crippen MR) is 84.1 cm³/mol. The van der Waals surface area contributed by atoms with E-state index in [1.807, 2.05) is 29.6 Å². The molecule has 0 saturated carbocycles. The lowest BCUT2D eigenvalue weighted by Crippen LogP contribution is -2.08. The van der Waals surface area contributed by atoms with Crippen LogP contribution in [0.25, 0.3) is 10.7 Å². The number of benzene rings is 1. The van der Waals surface area contributed by atoms with Crippen molar-refractivity contribution in [3.63, 3.8) is 0 Å². The second-order valence-corrected chi connectivity index (χ2v) is 5.62. The van der Waals surface area contributed by atoms with Crippen molar-refractivity contribution in [2.45, 2.75) is 13.0 Å². The van der Waals surface area contributed by atoms with E-state index >= 15 is 0 Å². The fourth-order valence-electron chi connectivity index (χ4n) is 1.92. The summed E-state index contributed by atoms with van der Waals surface area (Å²) >= 11 is 1.52. The van der Waals surface area contributed by atoms with E-state index < -0.39 is 0 Å². The fourth-order valence-corrected chi connectivity index (χ4v) is 2.57. The molecule has 0 aliphatic heterocycles. The number of carbonyl (C=O) groups excluding carboxylic acids is 1. The van der Waals surface area contributed by atoms with Crippen molar-refractivity contribution in [2.24, 2.45) is 0 Å². The summed E-state index contributed by atoms with van der Waals surface area (Å²) in [7, 11) is 1.60. The van der Waals surface area contributed by atoms with Gasteiger partial charge >= 0.3 is 5.97 Å². The van der Waals surface area contributed by atoms with Gasteiger partial charge in [-0.1, -0.05) is 23.4 Å². The van der Waals surface area contributed by atoms with E-state index in [1.165, 1.54) is 11.3 Å². The quantitative estimate of drug-likeness (QED) is 0.647. The van der Waals surface area contributed by atoms with Gasteiger partial charge in [-0.05, 0) is 29.1 Å².